The van der Waals surface area contributed by atoms with Crippen LogP contribution in [-0.2, 0) is 0 Å². The summed E-state index contributed by atoms with van der Waals surface area (Å²) >= 11 is 0. The molecular weight excluding hydrogens is 298 g/mol. The molecule has 0 saturated heterocycles. The molecule has 0 spiro atoms. The third kappa shape index (κ3) is 2.75. The van der Waals surface area contributed by atoms with Gasteiger partial charge in [0, 0.05) is 11.6 Å². The highest BCUT2D eigenvalue weighted by atomic mass is 16.7. The summed E-state index contributed by atoms with van der Waals surface area (Å²) in [5.74, 6) is 1.01. The lowest BCUT2D eigenvalue weighted by Crippen LogP contribution is -2.07. The zero-order chi connectivity index (χ0) is 16.6. The Kier molecular flexibility index (Phi) is 3.73. The van der Waals surface area contributed by atoms with E-state index in [1.54, 1.807) is 0 Å². The second-order valence-electron chi connectivity index (χ2n) is 5.62. The molecule has 0 aliphatic carbocycles. The minimum atomic E-state index is -0.673. The monoisotopic (exact) mass is 313 g/mol. The van der Waals surface area contributed by atoms with Crippen molar-refractivity contribution in [3.8, 4) is 11.5 Å². The van der Waals surface area contributed by atoms with Crippen LogP contribution in [0.4, 0.5) is 5.69 Å². The summed E-state index contributed by atoms with van der Waals surface area (Å²) in [6, 6.07) is 10.4. The highest BCUT2D eigenvalue weighted by Gasteiger charge is 2.30. The Hall–Kier alpha value is -2.89. The van der Waals surface area contributed by atoms with Crippen LogP contribution in [0.15, 0.2) is 36.4 Å². The molecule has 3 rings (SSSR count). The van der Waals surface area contributed by atoms with Gasteiger partial charge in [0.05, 0.1) is 16.6 Å². The maximum atomic E-state index is 11.0. The number of aldehydes is 1. The SMILES string of the molecule is CC(C)c1ccc(C2Oc3cc(C=O)c([N+](=O)[O-])cc3O2)cc1. The molecule has 1 aliphatic heterocycles. The molecule has 1 aliphatic rings. The van der Waals surface area contributed by atoms with E-state index >= 15 is 0 Å². The first-order valence-corrected chi connectivity index (χ1v) is 7.20. The van der Waals surface area contributed by atoms with E-state index in [9.17, 15) is 14.9 Å². The summed E-state index contributed by atoms with van der Waals surface area (Å²) < 4.78 is 11.3. The van der Waals surface area contributed by atoms with Gasteiger partial charge in [0.15, 0.2) is 17.8 Å². The smallest absolute Gasteiger partial charge is 0.283 e. The predicted molar refractivity (Wildman–Crippen MR) is 83.0 cm³/mol. The number of nitro benzene ring substituents is 1. The number of rotatable bonds is 4. The van der Waals surface area contributed by atoms with Gasteiger partial charge in [0.2, 0.25) is 0 Å². The van der Waals surface area contributed by atoms with Gasteiger partial charge < -0.3 is 9.47 Å². The second-order valence-corrected chi connectivity index (χ2v) is 5.62. The van der Waals surface area contributed by atoms with Gasteiger partial charge in [0.1, 0.15) is 0 Å². The number of nitrogens with zero attached hydrogens (tertiary/aromatic N) is 1. The van der Waals surface area contributed by atoms with Gasteiger partial charge in [-0.1, -0.05) is 38.1 Å². The first-order chi connectivity index (χ1) is 11.0. The van der Waals surface area contributed by atoms with Gasteiger partial charge in [-0.05, 0) is 11.5 Å². The molecule has 0 aromatic heterocycles. The third-order valence-corrected chi connectivity index (χ3v) is 3.76. The van der Waals surface area contributed by atoms with Crippen molar-refractivity contribution in [2.24, 2.45) is 0 Å². The normalized spacial score (nSPS) is 15.7. The average molecular weight is 313 g/mol. The number of fused-ring (bicyclic) bond motifs is 1. The molecule has 0 bridgehead atoms. The number of carbonyl (C=O) groups excluding carboxylic acids is 1. The van der Waals surface area contributed by atoms with E-state index in [4.69, 9.17) is 9.47 Å². The minimum absolute atomic E-state index is 0.0341. The molecule has 6 heteroatoms. The van der Waals surface area contributed by atoms with E-state index in [-0.39, 0.29) is 17.0 Å². The number of hydrogen-bond acceptors (Lipinski definition) is 5. The van der Waals surface area contributed by atoms with Crippen LogP contribution in [-0.4, -0.2) is 11.2 Å². The van der Waals surface area contributed by atoms with Gasteiger partial charge in [-0.3, -0.25) is 14.9 Å². The molecule has 0 fully saturated rings. The fourth-order valence-corrected chi connectivity index (χ4v) is 2.43. The molecule has 0 saturated carbocycles. The quantitative estimate of drug-likeness (QED) is 0.484. The molecular formula is C17H15NO5. The molecule has 6 nitrogen and oxygen atoms in total. The largest absolute Gasteiger partial charge is 0.447 e. The van der Waals surface area contributed by atoms with E-state index in [0.29, 0.717) is 18.0 Å². The van der Waals surface area contributed by atoms with Crippen molar-refractivity contribution in [3.05, 3.63) is 63.2 Å². The van der Waals surface area contributed by atoms with Crippen molar-refractivity contribution < 1.29 is 19.2 Å². The van der Waals surface area contributed by atoms with Crippen molar-refractivity contribution in [2.45, 2.75) is 26.1 Å². The maximum Gasteiger partial charge on any atom is 0.283 e. The fraction of sp³-hybridized carbons (Fsp3) is 0.235. The van der Waals surface area contributed by atoms with Gasteiger partial charge in [-0.15, -0.1) is 0 Å². The molecule has 1 heterocycles. The van der Waals surface area contributed by atoms with Gasteiger partial charge in [0.25, 0.3) is 12.0 Å². The van der Waals surface area contributed by atoms with Crippen LogP contribution in [0, 0.1) is 10.1 Å². The Morgan fingerprint density at radius 1 is 1.13 bits per heavy atom. The summed E-state index contributed by atoms with van der Waals surface area (Å²) in [4.78, 5) is 21.4. The molecule has 118 valence electrons. The van der Waals surface area contributed by atoms with E-state index in [2.05, 4.69) is 13.8 Å². The van der Waals surface area contributed by atoms with E-state index in [1.807, 2.05) is 24.3 Å². The van der Waals surface area contributed by atoms with Crippen molar-refractivity contribution in [1.29, 1.82) is 0 Å². The molecule has 2 aromatic carbocycles. The van der Waals surface area contributed by atoms with Crippen LogP contribution in [0.1, 0.15) is 47.5 Å². The van der Waals surface area contributed by atoms with Crippen LogP contribution < -0.4 is 9.47 Å². The van der Waals surface area contributed by atoms with Crippen molar-refractivity contribution in [2.75, 3.05) is 0 Å². The summed E-state index contributed by atoms with van der Waals surface area (Å²) in [6.45, 7) is 4.21. The number of ether oxygens (including phenoxy) is 2. The first-order valence-electron chi connectivity index (χ1n) is 7.20. The lowest BCUT2D eigenvalue weighted by molar-refractivity contribution is -0.385. The maximum absolute atomic E-state index is 11.0. The third-order valence-electron chi connectivity index (χ3n) is 3.76. The van der Waals surface area contributed by atoms with Gasteiger partial charge >= 0.3 is 0 Å². The molecule has 2 aromatic rings. The topological polar surface area (TPSA) is 78.7 Å². The van der Waals surface area contributed by atoms with Crippen molar-refractivity contribution in [1.82, 2.24) is 0 Å². The molecule has 1 atom stereocenters. The lowest BCUT2D eigenvalue weighted by Gasteiger charge is -2.12. The number of carbonyl (C=O) groups is 1. The van der Waals surface area contributed by atoms with Crippen molar-refractivity contribution >= 4 is 12.0 Å². The molecule has 1 unspecified atom stereocenters. The summed E-state index contributed by atoms with van der Waals surface area (Å²) in [7, 11) is 0. The number of nitro groups is 1. The summed E-state index contributed by atoms with van der Waals surface area (Å²) in [5.41, 5.74) is 1.68. The average Bonchev–Trinajstić information content (AvgIpc) is 2.96. The second kappa shape index (κ2) is 5.72. The molecule has 0 N–H and O–H groups in total. The van der Waals surface area contributed by atoms with Gasteiger partial charge in [-0.25, -0.2) is 0 Å². The zero-order valence-electron chi connectivity index (χ0n) is 12.7. The highest BCUT2D eigenvalue weighted by molar-refractivity contribution is 5.83. The zero-order valence-corrected chi connectivity index (χ0v) is 12.7. The summed E-state index contributed by atoms with van der Waals surface area (Å²) in [6.07, 6.45) is -0.236. The Morgan fingerprint density at radius 2 is 1.74 bits per heavy atom. The highest BCUT2D eigenvalue weighted by Crippen LogP contribution is 2.43. The van der Waals surface area contributed by atoms with E-state index in [1.165, 1.54) is 17.7 Å². The Balaban J connectivity index is 1.89. The number of hydrogen-bond donors (Lipinski definition) is 0. The Bertz CT molecular complexity index is 767. The first kappa shape index (κ1) is 15.0. The Morgan fingerprint density at radius 3 is 2.26 bits per heavy atom. The number of benzene rings is 2. The molecule has 23 heavy (non-hydrogen) atoms. The van der Waals surface area contributed by atoms with Crippen LogP contribution in [0.3, 0.4) is 0 Å². The molecule has 0 amide bonds. The minimum Gasteiger partial charge on any atom is -0.447 e. The van der Waals surface area contributed by atoms with E-state index < -0.39 is 11.2 Å². The van der Waals surface area contributed by atoms with Crippen LogP contribution >= 0.6 is 0 Å². The van der Waals surface area contributed by atoms with Crippen LogP contribution in [0.5, 0.6) is 11.5 Å². The van der Waals surface area contributed by atoms with Crippen LogP contribution in [0.25, 0.3) is 0 Å². The lowest BCUT2D eigenvalue weighted by atomic mass is 10.0. The Labute approximate surface area is 132 Å². The van der Waals surface area contributed by atoms with Crippen LogP contribution in [0.2, 0.25) is 0 Å². The summed E-state index contributed by atoms with van der Waals surface area (Å²) in [5, 5.41) is 11.0. The molecule has 0 radical (unpaired) electrons. The predicted octanol–water partition coefficient (Wildman–Crippen LogP) is 4.00. The van der Waals surface area contributed by atoms with E-state index in [0.717, 1.165) is 5.56 Å². The van der Waals surface area contributed by atoms with Gasteiger partial charge in [-0.2, -0.15) is 0 Å². The fourth-order valence-electron chi connectivity index (χ4n) is 2.43. The van der Waals surface area contributed by atoms with Crippen molar-refractivity contribution in [3.63, 3.8) is 0 Å². The standard InChI is InChI=1S/C17H15NO5/c1-10(2)11-3-5-12(6-4-11)17-22-15-7-13(9-19)14(18(20)21)8-16(15)23-17/h3-10,17H,1-2H3.